The molecule has 1 aromatic rings. The molecule has 0 aliphatic heterocycles. The van der Waals surface area contributed by atoms with E-state index in [9.17, 15) is 0 Å². The minimum absolute atomic E-state index is 0.404. The summed E-state index contributed by atoms with van der Waals surface area (Å²) in [6.45, 7) is 10.3. The van der Waals surface area contributed by atoms with E-state index < -0.39 is 0 Å². The number of nitrogen functional groups attached to an aromatic ring is 1. The van der Waals surface area contributed by atoms with E-state index in [1.54, 1.807) is 6.20 Å². The lowest BCUT2D eigenvalue weighted by Crippen LogP contribution is -2.25. The van der Waals surface area contributed by atoms with E-state index in [4.69, 9.17) is 5.73 Å². The fourth-order valence-electron chi connectivity index (χ4n) is 2.64. The predicted molar refractivity (Wildman–Crippen MR) is 71.7 cm³/mol. The first kappa shape index (κ1) is 12.4. The Bertz CT molecular complexity index is 378. The fourth-order valence-corrected chi connectivity index (χ4v) is 2.64. The fraction of sp³-hybridized carbons (Fsp3) is 0.643. The summed E-state index contributed by atoms with van der Waals surface area (Å²) in [5, 5.41) is 3.63. The molecular formula is C14H23N3. The zero-order chi connectivity index (χ0) is 12.7. The summed E-state index contributed by atoms with van der Waals surface area (Å²) >= 11 is 0. The van der Waals surface area contributed by atoms with E-state index in [2.05, 4.69) is 38.0 Å². The van der Waals surface area contributed by atoms with Crippen LogP contribution in [0, 0.1) is 10.8 Å². The maximum atomic E-state index is 5.61. The molecule has 0 saturated heterocycles. The van der Waals surface area contributed by atoms with Gasteiger partial charge in [-0.05, 0) is 23.0 Å². The minimum Gasteiger partial charge on any atom is -0.397 e. The zero-order valence-electron chi connectivity index (χ0n) is 11.2. The van der Waals surface area contributed by atoms with Crippen molar-refractivity contribution in [3.63, 3.8) is 0 Å². The molecule has 1 aliphatic rings. The van der Waals surface area contributed by atoms with E-state index in [1.807, 2.05) is 12.1 Å². The van der Waals surface area contributed by atoms with Crippen LogP contribution in [0.15, 0.2) is 18.3 Å². The first-order valence-electron chi connectivity index (χ1n) is 6.29. The van der Waals surface area contributed by atoms with Gasteiger partial charge in [-0.25, -0.2) is 0 Å². The Labute approximate surface area is 104 Å². The van der Waals surface area contributed by atoms with E-state index in [-0.39, 0.29) is 0 Å². The molecule has 0 bridgehead atoms. The van der Waals surface area contributed by atoms with Crippen molar-refractivity contribution >= 4 is 5.69 Å². The van der Waals surface area contributed by atoms with Gasteiger partial charge < -0.3 is 11.1 Å². The average molecular weight is 233 g/mol. The number of hydrogen-bond donors (Lipinski definition) is 2. The van der Waals surface area contributed by atoms with Gasteiger partial charge in [0.15, 0.2) is 0 Å². The van der Waals surface area contributed by atoms with Crippen molar-refractivity contribution in [2.45, 2.75) is 40.2 Å². The third kappa shape index (κ3) is 2.16. The first-order valence-corrected chi connectivity index (χ1v) is 6.29. The van der Waals surface area contributed by atoms with Crippen LogP contribution in [0.3, 0.4) is 0 Å². The molecule has 1 saturated carbocycles. The molecule has 0 unspecified atom stereocenters. The Morgan fingerprint density at radius 1 is 1.24 bits per heavy atom. The molecule has 3 heteroatoms. The molecule has 94 valence electrons. The van der Waals surface area contributed by atoms with Crippen LogP contribution in [0.1, 0.15) is 33.4 Å². The Kier molecular flexibility index (Phi) is 2.90. The molecule has 0 aromatic carbocycles. The zero-order valence-corrected chi connectivity index (χ0v) is 11.2. The van der Waals surface area contributed by atoms with Crippen LogP contribution in [-0.4, -0.2) is 17.6 Å². The normalized spacial score (nSPS) is 21.4. The van der Waals surface area contributed by atoms with Crippen LogP contribution in [0.2, 0.25) is 0 Å². The summed E-state index contributed by atoms with van der Waals surface area (Å²) in [6, 6.07) is 4.52. The van der Waals surface area contributed by atoms with Crippen molar-refractivity contribution in [1.29, 1.82) is 0 Å². The summed E-state index contributed by atoms with van der Waals surface area (Å²) in [5.41, 5.74) is 8.24. The maximum absolute atomic E-state index is 5.61. The number of aromatic nitrogens is 1. The van der Waals surface area contributed by atoms with Crippen LogP contribution >= 0.6 is 0 Å². The molecule has 17 heavy (non-hydrogen) atoms. The molecule has 0 amide bonds. The van der Waals surface area contributed by atoms with Crippen molar-refractivity contribution in [2.75, 3.05) is 12.3 Å². The predicted octanol–water partition coefficient (Wildman–Crippen LogP) is 2.23. The van der Waals surface area contributed by atoms with Gasteiger partial charge in [-0.2, -0.15) is 0 Å². The van der Waals surface area contributed by atoms with Crippen LogP contribution in [0.5, 0.6) is 0 Å². The maximum Gasteiger partial charge on any atom is 0.0501 e. The second-order valence-corrected chi connectivity index (χ2v) is 6.16. The highest BCUT2D eigenvalue weighted by molar-refractivity contribution is 5.34. The van der Waals surface area contributed by atoms with E-state index in [0.717, 1.165) is 24.3 Å². The molecule has 1 aromatic heterocycles. The highest BCUT2D eigenvalue weighted by Crippen LogP contribution is 2.62. The molecule has 3 nitrogen and oxygen atoms in total. The first-order chi connectivity index (χ1) is 7.85. The third-order valence-corrected chi connectivity index (χ3v) is 4.60. The summed E-state index contributed by atoms with van der Waals surface area (Å²) < 4.78 is 0. The molecular weight excluding hydrogens is 210 g/mol. The lowest BCUT2D eigenvalue weighted by atomic mass is 10.0. The van der Waals surface area contributed by atoms with Crippen molar-refractivity contribution in [1.82, 2.24) is 10.3 Å². The van der Waals surface area contributed by atoms with Gasteiger partial charge in [-0.1, -0.05) is 27.7 Å². The number of anilines is 1. The summed E-state index contributed by atoms with van der Waals surface area (Å²) in [7, 11) is 0. The molecule has 3 N–H and O–H groups in total. The lowest BCUT2D eigenvalue weighted by molar-refractivity contribution is 0.457. The van der Waals surface area contributed by atoms with Crippen LogP contribution in [0.25, 0.3) is 0 Å². The molecule has 1 fully saturated rings. The Morgan fingerprint density at radius 3 is 2.35 bits per heavy atom. The van der Waals surface area contributed by atoms with Crippen LogP contribution < -0.4 is 11.1 Å². The number of nitrogens with two attached hydrogens (primary N) is 1. The average Bonchev–Trinajstić information content (AvgIpc) is 2.63. The Balaban J connectivity index is 1.80. The highest BCUT2D eigenvalue weighted by atomic mass is 15.0. The summed E-state index contributed by atoms with van der Waals surface area (Å²) in [4.78, 5) is 4.30. The van der Waals surface area contributed by atoms with Crippen molar-refractivity contribution in [2.24, 2.45) is 10.8 Å². The van der Waals surface area contributed by atoms with E-state index in [0.29, 0.717) is 16.9 Å². The van der Waals surface area contributed by atoms with Crippen molar-refractivity contribution in [3.05, 3.63) is 24.0 Å². The molecule has 1 heterocycles. The lowest BCUT2D eigenvalue weighted by Gasteiger charge is -2.06. The SMILES string of the molecule is CC1(C)C(NCCc2ccc(N)cn2)C1(C)C. The number of nitrogens with zero attached hydrogens (tertiary/aromatic N) is 1. The van der Waals surface area contributed by atoms with E-state index in [1.165, 1.54) is 0 Å². The van der Waals surface area contributed by atoms with Gasteiger partial charge in [0.05, 0.1) is 11.9 Å². The van der Waals surface area contributed by atoms with Gasteiger partial charge in [-0.3, -0.25) is 4.98 Å². The molecule has 0 radical (unpaired) electrons. The second kappa shape index (κ2) is 3.98. The molecule has 0 spiro atoms. The monoisotopic (exact) mass is 233 g/mol. The number of hydrogen-bond acceptors (Lipinski definition) is 3. The molecule has 0 atom stereocenters. The van der Waals surface area contributed by atoms with Gasteiger partial charge in [0.1, 0.15) is 0 Å². The quantitative estimate of drug-likeness (QED) is 0.838. The molecule has 2 rings (SSSR count). The van der Waals surface area contributed by atoms with Crippen LogP contribution in [-0.2, 0) is 6.42 Å². The van der Waals surface area contributed by atoms with Gasteiger partial charge >= 0.3 is 0 Å². The second-order valence-electron chi connectivity index (χ2n) is 6.16. The smallest absolute Gasteiger partial charge is 0.0501 e. The molecule has 1 aliphatic carbocycles. The largest absolute Gasteiger partial charge is 0.397 e. The van der Waals surface area contributed by atoms with Gasteiger partial charge in [0.25, 0.3) is 0 Å². The number of pyridine rings is 1. The Morgan fingerprint density at radius 2 is 1.88 bits per heavy atom. The van der Waals surface area contributed by atoms with Crippen LogP contribution in [0.4, 0.5) is 5.69 Å². The summed E-state index contributed by atoms with van der Waals surface area (Å²) in [5.74, 6) is 0. The van der Waals surface area contributed by atoms with Crippen molar-refractivity contribution in [3.8, 4) is 0 Å². The minimum atomic E-state index is 0.404. The number of rotatable bonds is 4. The topological polar surface area (TPSA) is 50.9 Å². The van der Waals surface area contributed by atoms with Gasteiger partial charge in [0.2, 0.25) is 0 Å². The number of nitrogens with one attached hydrogen (secondary N) is 1. The Hall–Kier alpha value is -1.09. The van der Waals surface area contributed by atoms with E-state index >= 15 is 0 Å². The summed E-state index contributed by atoms with van der Waals surface area (Å²) in [6.07, 6.45) is 2.68. The standard InChI is InChI=1S/C14H23N3/c1-13(2)12(14(13,3)4)16-8-7-11-6-5-10(15)9-17-11/h5-6,9,12,16H,7-8,15H2,1-4H3. The van der Waals surface area contributed by atoms with Crippen molar-refractivity contribution < 1.29 is 0 Å². The highest BCUT2D eigenvalue weighted by Gasteiger charge is 2.64. The third-order valence-electron chi connectivity index (χ3n) is 4.60. The van der Waals surface area contributed by atoms with Gasteiger partial charge in [0, 0.05) is 24.7 Å². The van der Waals surface area contributed by atoms with Gasteiger partial charge in [-0.15, -0.1) is 0 Å².